The summed E-state index contributed by atoms with van der Waals surface area (Å²) in [4.78, 5) is 27.3. The zero-order valence-corrected chi connectivity index (χ0v) is 27.4. The normalized spacial score (nSPS) is 29.6. The highest BCUT2D eigenvalue weighted by atomic mass is 16.6. The van der Waals surface area contributed by atoms with E-state index in [0.29, 0.717) is 19.5 Å². The Morgan fingerprint density at radius 1 is 1.19 bits per heavy atom. The molecule has 5 rings (SSSR count). The lowest BCUT2D eigenvalue weighted by Gasteiger charge is -2.60. The van der Waals surface area contributed by atoms with E-state index < -0.39 is 17.6 Å². The molecule has 1 saturated heterocycles. The molecule has 42 heavy (non-hydrogen) atoms. The standard InChI is InChI=1S/C23H30N2O4.C6H14N2O.2C2H6/c1-5-22-9-6-11-25-12-10-23(21(22)25)16-8-7-15(28-4)13-17(16)24(3)19(23)18(27)20(22)29-14(2)26;1-2-6(9)8-5-3-4-7;2*1-2/h6-9,13,18-21,27H,5,10-12H2,1-4H3;2-5,7H2,1H3,(H,8,9);2*1-2H3/t18?,19?,20?,21?,22-,23?;;;/m0.../s1. The van der Waals surface area contributed by atoms with Crippen LogP contribution in [0.25, 0.3) is 0 Å². The summed E-state index contributed by atoms with van der Waals surface area (Å²) in [7, 11) is 3.73. The monoisotopic (exact) mass is 588 g/mol. The number of fused-ring (bicyclic) bond motifs is 1. The van der Waals surface area contributed by atoms with Gasteiger partial charge in [-0.15, -0.1) is 0 Å². The number of nitrogens with zero attached hydrogens (tertiary/aromatic N) is 2. The summed E-state index contributed by atoms with van der Waals surface area (Å²) in [6.07, 6.45) is 6.30. The molecule has 3 aliphatic heterocycles. The molecule has 0 aromatic heterocycles. The number of carbonyl (C=O) groups excluding carboxylic acids is 2. The summed E-state index contributed by atoms with van der Waals surface area (Å²) >= 11 is 0. The highest BCUT2D eigenvalue weighted by Crippen LogP contribution is 2.64. The fraction of sp³-hybridized carbons (Fsp3) is 0.697. The Hall–Kier alpha value is -2.62. The zero-order chi connectivity index (χ0) is 31.7. The lowest BCUT2D eigenvalue weighted by molar-refractivity contribution is -0.184. The lowest BCUT2D eigenvalue weighted by Crippen LogP contribution is -2.74. The van der Waals surface area contributed by atoms with E-state index in [9.17, 15) is 14.7 Å². The first kappa shape index (κ1) is 35.6. The molecule has 9 nitrogen and oxygen atoms in total. The number of ether oxygens (including phenoxy) is 2. The molecule has 1 saturated carbocycles. The van der Waals surface area contributed by atoms with E-state index in [2.05, 4.69) is 46.3 Å². The molecule has 4 aliphatic rings. The summed E-state index contributed by atoms with van der Waals surface area (Å²) < 4.78 is 11.4. The summed E-state index contributed by atoms with van der Waals surface area (Å²) in [5.74, 6) is 0.581. The van der Waals surface area contributed by atoms with Gasteiger partial charge in [-0.05, 0) is 44.0 Å². The fourth-order valence-corrected chi connectivity index (χ4v) is 7.60. The van der Waals surface area contributed by atoms with Gasteiger partial charge in [0.25, 0.3) is 0 Å². The van der Waals surface area contributed by atoms with Gasteiger partial charge in [-0.3, -0.25) is 14.5 Å². The third-order valence-electron chi connectivity index (χ3n) is 9.07. The number of hydrogen-bond acceptors (Lipinski definition) is 8. The molecule has 0 bridgehead atoms. The Bertz CT molecular complexity index is 1060. The predicted molar refractivity (Wildman–Crippen MR) is 170 cm³/mol. The van der Waals surface area contributed by atoms with Crippen LogP contribution in [0.3, 0.4) is 0 Å². The average molecular weight is 589 g/mol. The topological polar surface area (TPSA) is 117 Å². The second-order valence-electron chi connectivity index (χ2n) is 10.9. The first-order valence-corrected chi connectivity index (χ1v) is 15.9. The molecule has 1 aliphatic carbocycles. The van der Waals surface area contributed by atoms with Crippen molar-refractivity contribution in [3.63, 3.8) is 0 Å². The van der Waals surface area contributed by atoms with E-state index >= 15 is 0 Å². The van der Waals surface area contributed by atoms with Crippen LogP contribution < -0.4 is 20.7 Å². The molecule has 1 aromatic rings. The number of nitrogens with one attached hydrogen (secondary N) is 1. The Balaban J connectivity index is 0.000000406. The number of nitrogens with two attached hydrogens (primary N) is 1. The molecular formula is C33H56N4O5. The summed E-state index contributed by atoms with van der Waals surface area (Å²) in [5, 5.41) is 14.4. The van der Waals surface area contributed by atoms with Crippen molar-refractivity contribution in [1.29, 1.82) is 0 Å². The van der Waals surface area contributed by atoms with Crippen molar-refractivity contribution in [3.05, 3.63) is 35.9 Å². The maximum absolute atomic E-state index is 12.0. The van der Waals surface area contributed by atoms with Gasteiger partial charge in [-0.25, -0.2) is 0 Å². The first-order valence-electron chi connectivity index (χ1n) is 15.9. The van der Waals surface area contributed by atoms with E-state index in [-0.39, 0.29) is 29.4 Å². The van der Waals surface area contributed by atoms with Crippen LogP contribution in [0.1, 0.15) is 79.7 Å². The number of aliphatic hydroxyl groups excluding tert-OH is 1. The number of anilines is 1. The number of esters is 1. The van der Waals surface area contributed by atoms with E-state index in [1.54, 1.807) is 7.11 Å². The van der Waals surface area contributed by atoms with Gasteiger partial charge in [-0.1, -0.05) is 59.8 Å². The van der Waals surface area contributed by atoms with Crippen LogP contribution in [-0.4, -0.2) is 86.5 Å². The highest BCUT2D eigenvalue weighted by Gasteiger charge is 2.73. The summed E-state index contributed by atoms with van der Waals surface area (Å²) in [6.45, 7) is 16.7. The van der Waals surface area contributed by atoms with Crippen LogP contribution in [0.5, 0.6) is 5.75 Å². The molecule has 1 amide bonds. The molecule has 1 aromatic carbocycles. The largest absolute Gasteiger partial charge is 0.497 e. The SMILES string of the molecule is CC.CC.CCC(=O)NCCCN.CC[C@]12C=CCN3CCC4(c5ccc(OC)cc5N(C)C4C(O)C1OC(C)=O)C32. The van der Waals surface area contributed by atoms with E-state index in [1.807, 2.05) is 47.7 Å². The van der Waals surface area contributed by atoms with Gasteiger partial charge in [0.05, 0.1) is 13.2 Å². The molecule has 6 atom stereocenters. The second kappa shape index (κ2) is 15.7. The summed E-state index contributed by atoms with van der Waals surface area (Å²) in [5.41, 5.74) is 6.99. The molecule has 238 valence electrons. The molecule has 1 spiro atoms. The van der Waals surface area contributed by atoms with Gasteiger partial charge in [0.15, 0.2) is 0 Å². The number of methoxy groups -OCH3 is 1. The van der Waals surface area contributed by atoms with E-state index in [1.165, 1.54) is 12.5 Å². The van der Waals surface area contributed by atoms with E-state index in [0.717, 1.165) is 43.8 Å². The number of benzene rings is 1. The van der Waals surface area contributed by atoms with Crippen LogP contribution in [0.4, 0.5) is 5.69 Å². The van der Waals surface area contributed by atoms with E-state index in [4.69, 9.17) is 15.2 Å². The van der Waals surface area contributed by atoms with Crippen LogP contribution in [0, 0.1) is 5.41 Å². The molecule has 4 N–H and O–H groups in total. The Morgan fingerprint density at radius 3 is 2.45 bits per heavy atom. The first-order chi connectivity index (χ1) is 20.2. The van der Waals surface area contributed by atoms with Gasteiger partial charge in [0.2, 0.25) is 5.91 Å². The smallest absolute Gasteiger partial charge is 0.303 e. The fourth-order valence-electron chi connectivity index (χ4n) is 7.60. The molecule has 0 radical (unpaired) electrons. The Labute approximate surface area is 253 Å². The average Bonchev–Trinajstić information content (AvgIpc) is 3.53. The third kappa shape index (κ3) is 6.19. The second-order valence-corrected chi connectivity index (χ2v) is 10.9. The molecule has 9 heteroatoms. The van der Waals surface area contributed by atoms with Gasteiger partial charge in [-0.2, -0.15) is 0 Å². The zero-order valence-electron chi connectivity index (χ0n) is 27.4. The molecule has 2 fully saturated rings. The Morgan fingerprint density at radius 2 is 1.88 bits per heavy atom. The number of rotatable bonds is 7. The molecule has 3 heterocycles. The van der Waals surface area contributed by atoms with Gasteiger partial charge < -0.3 is 30.5 Å². The van der Waals surface area contributed by atoms with Crippen molar-refractivity contribution in [3.8, 4) is 5.75 Å². The quantitative estimate of drug-likeness (QED) is 0.249. The Kier molecular flexibility index (Phi) is 13.3. The number of likely N-dealkylation sites (N-methyl/N-ethyl adjacent to an activating group) is 1. The molecule has 5 unspecified atom stereocenters. The van der Waals surface area contributed by atoms with Crippen LogP contribution in [0.2, 0.25) is 0 Å². The van der Waals surface area contributed by atoms with Crippen LogP contribution in [-0.2, 0) is 19.7 Å². The van der Waals surface area contributed by atoms with Crippen molar-refractivity contribution in [2.24, 2.45) is 11.1 Å². The number of amides is 1. The van der Waals surface area contributed by atoms with Crippen molar-refractivity contribution < 1.29 is 24.2 Å². The predicted octanol–water partition coefficient (Wildman–Crippen LogP) is 4.01. The van der Waals surface area contributed by atoms with Crippen molar-refractivity contribution in [1.82, 2.24) is 10.2 Å². The van der Waals surface area contributed by atoms with Crippen LogP contribution >= 0.6 is 0 Å². The number of carbonyl (C=O) groups is 2. The minimum Gasteiger partial charge on any atom is -0.497 e. The van der Waals surface area contributed by atoms with Crippen LogP contribution in [0.15, 0.2) is 30.4 Å². The van der Waals surface area contributed by atoms with Gasteiger partial charge in [0.1, 0.15) is 18.0 Å². The number of hydrogen-bond donors (Lipinski definition) is 3. The minimum atomic E-state index is -0.777. The highest BCUT2D eigenvalue weighted by molar-refractivity contribution is 5.75. The maximum Gasteiger partial charge on any atom is 0.303 e. The molecular weight excluding hydrogens is 532 g/mol. The van der Waals surface area contributed by atoms with Crippen molar-refractivity contribution >= 4 is 17.6 Å². The van der Waals surface area contributed by atoms with Crippen molar-refractivity contribution in [2.75, 3.05) is 45.2 Å². The summed E-state index contributed by atoms with van der Waals surface area (Å²) in [6, 6.07) is 6.33. The maximum atomic E-state index is 12.0. The van der Waals surface area contributed by atoms with Gasteiger partial charge >= 0.3 is 5.97 Å². The minimum absolute atomic E-state index is 0.100. The van der Waals surface area contributed by atoms with Gasteiger partial charge in [0, 0.05) is 62.1 Å². The lowest BCUT2D eigenvalue weighted by atomic mass is 9.51. The van der Waals surface area contributed by atoms with Crippen molar-refractivity contribution in [2.45, 2.75) is 104 Å². The number of aliphatic hydroxyl groups is 1. The third-order valence-corrected chi connectivity index (χ3v) is 9.07.